The molecule has 0 spiro atoms. The Morgan fingerprint density at radius 2 is 2.00 bits per heavy atom. The minimum Gasteiger partial charge on any atom is -0.271 e. The fraction of sp³-hybridized carbons (Fsp3) is 0.308. The molecule has 0 radical (unpaired) electrons. The van der Waals surface area contributed by atoms with Gasteiger partial charge >= 0.3 is 0 Å². The van der Waals surface area contributed by atoms with Crippen molar-refractivity contribution in [1.82, 2.24) is 10.4 Å². The highest BCUT2D eigenvalue weighted by atomic mass is 32.1. The number of aromatic nitrogens is 1. The van der Waals surface area contributed by atoms with E-state index in [4.69, 9.17) is 5.84 Å². The van der Waals surface area contributed by atoms with Crippen LogP contribution in [0.4, 0.5) is 0 Å². The van der Waals surface area contributed by atoms with Crippen LogP contribution in [0.15, 0.2) is 23.7 Å². The maximum atomic E-state index is 5.68. The molecule has 0 amide bonds. The average Bonchev–Trinajstić information content (AvgIpc) is 2.71. The number of hydrogen-bond acceptors (Lipinski definition) is 4. The monoisotopic (exact) mass is 247 g/mol. The van der Waals surface area contributed by atoms with Crippen LogP contribution in [0.1, 0.15) is 33.3 Å². The topological polar surface area (TPSA) is 50.9 Å². The third kappa shape index (κ3) is 2.39. The largest absolute Gasteiger partial charge is 0.271 e. The van der Waals surface area contributed by atoms with Gasteiger partial charge in [-0.15, -0.1) is 11.3 Å². The molecule has 90 valence electrons. The number of nitrogens with one attached hydrogen (secondary N) is 1. The van der Waals surface area contributed by atoms with Crippen molar-refractivity contribution in [1.29, 1.82) is 0 Å². The minimum absolute atomic E-state index is 0.0294. The molecular formula is C13H17N3S. The van der Waals surface area contributed by atoms with Gasteiger partial charge in [0.2, 0.25) is 0 Å². The van der Waals surface area contributed by atoms with E-state index in [2.05, 4.69) is 42.5 Å². The summed E-state index contributed by atoms with van der Waals surface area (Å²) in [5, 5.41) is 0. The molecule has 1 unspecified atom stereocenters. The SMILES string of the molecule is Cc1ccc(C(NN)c2scnc2C)cc1C. The Morgan fingerprint density at radius 3 is 2.53 bits per heavy atom. The lowest BCUT2D eigenvalue weighted by atomic mass is 10.00. The van der Waals surface area contributed by atoms with E-state index in [1.54, 1.807) is 11.3 Å². The molecule has 3 nitrogen and oxygen atoms in total. The zero-order chi connectivity index (χ0) is 12.4. The molecule has 4 heteroatoms. The quantitative estimate of drug-likeness (QED) is 0.647. The number of aryl methyl sites for hydroxylation is 3. The number of hydrazine groups is 1. The third-order valence-electron chi connectivity index (χ3n) is 3.08. The Labute approximate surface area is 106 Å². The summed E-state index contributed by atoms with van der Waals surface area (Å²) < 4.78 is 0. The second-order valence-corrected chi connectivity index (χ2v) is 5.13. The maximum Gasteiger partial charge on any atom is 0.0821 e. The summed E-state index contributed by atoms with van der Waals surface area (Å²) in [6.07, 6.45) is 0. The van der Waals surface area contributed by atoms with Gasteiger partial charge in [-0.05, 0) is 37.5 Å². The standard InChI is InChI=1S/C13H17N3S/c1-8-4-5-11(6-9(8)2)12(16-14)13-10(3)15-7-17-13/h4-7,12,16H,14H2,1-3H3. The first-order valence-corrected chi connectivity index (χ1v) is 6.44. The van der Waals surface area contributed by atoms with Gasteiger partial charge in [-0.25, -0.2) is 10.4 Å². The van der Waals surface area contributed by atoms with Crippen LogP contribution in [0.3, 0.4) is 0 Å². The van der Waals surface area contributed by atoms with Crippen LogP contribution >= 0.6 is 11.3 Å². The van der Waals surface area contributed by atoms with E-state index >= 15 is 0 Å². The second-order valence-electron chi connectivity index (χ2n) is 4.25. The summed E-state index contributed by atoms with van der Waals surface area (Å²) in [6.45, 7) is 6.24. The van der Waals surface area contributed by atoms with E-state index in [9.17, 15) is 0 Å². The van der Waals surface area contributed by atoms with Crippen LogP contribution in [-0.2, 0) is 0 Å². The normalized spacial score (nSPS) is 12.7. The number of rotatable bonds is 3. The van der Waals surface area contributed by atoms with Crippen LogP contribution in [0.5, 0.6) is 0 Å². The molecule has 0 aliphatic rings. The lowest BCUT2D eigenvalue weighted by molar-refractivity contribution is 0.641. The summed E-state index contributed by atoms with van der Waals surface area (Å²) in [5.41, 5.74) is 9.54. The van der Waals surface area contributed by atoms with Crippen LogP contribution in [-0.4, -0.2) is 4.98 Å². The van der Waals surface area contributed by atoms with Crippen molar-refractivity contribution in [3.63, 3.8) is 0 Å². The van der Waals surface area contributed by atoms with Gasteiger partial charge in [0.1, 0.15) is 0 Å². The van der Waals surface area contributed by atoms with E-state index < -0.39 is 0 Å². The molecule has 0 bridgehead atoms. The highest BCUT2D eigenvalue weighted by Gasteiger charge is 2.17. The number of benzene rings is 1. The van der Waals surface area contributed by atoms with Gasteiger partial charge in [0.15, 0.2) is 0 Å². The van der Waals surface area contributed by atoms with Gasteiger partial charge in [-0.3, -0.25) is 5.84 Å². The summed E-state index contributed by atoms with van der Waals surface area (Å²) in [7, 11) is 0. The van der Waals surface area contributed by atoms with Gasteiger partial charge in [0, 0.05) is 0 Å². The second kappa shape index (κ2) is 4.96. The van der Waals surface area contributed by atoms with Gasteiger partial charge in [-0.1, -0.05) is 18.2 Å². The molecule has 2 rings (SSSR count). The van der Waals surface area contributed by atoms with Crippen molar-refractivity contribution in [2.24, 2.45) is 5.84 Å². The van der Waals surface area contributed by atoms with Gasteiger partial charge in [0.25, 0.3) is 0 Å². The fourth-order valence-corrected chi connectivity index (χ4v) is 2.74. The van der Waals surface area contributed by atoms with E-state index in [1.807, 2.05) is 12.4 Å². The molecule has 1 heterocycles. The van der Waals surface area contributed by atoms with Gasteiger partial charge in [0.05, 0.1) is 22.1 Å². The molecule has 17 heavy (non-hydrogen) atoms. The molecule has 0 saturated heterocycles. The zero-order valence-electron chi connectivity index (χ0n) is 10.3. The molecule has 1 aromatic carbocycles. The van der Waals surface area contributed by atoms with E-state index in [0.29, 0.717) is 0 Å². The predicted octanol–water partition coefficient (Wildman–Crippen LogP) is 2.62. The smallest absolute Gasteiger partial charge is 0.0821 e. The molecule has 0 fully saturated rings. The summed E-state index contributed by atoms with van der Waals surface area (Å²) in [4.78, 5) is 5.45. The molecule has 0 aliphatic carbocycles. The van der Waals surface area contributed by atoms with Crippen molar-refractivity contribution < 1.29 is 0 Å². The Kier molecular flexibility index (Phi) is 3.57. The van der Waals surface area contributed by atoms with Gasteiger partial charge in [-0.2, -0.15) is 0 Å². The lowest BCUT2D eigenvalue weighted by Gasteiger charge is -2.16. The molecule has 2 aromatic rings. The first-order chi connectivity index (χ1) is 8.13. The van der Waals surface area contributed by atoms with E-state index in [0.717, 1.165) is 5.69 Å². The van der Waals surface area contributed by atoms with E-state index in [-0.39, 0.29) is 6.04 Å². The predicted molar refractivity (Wildman–Crippen MR) is 71.9 cm³/mol. The Hall–Kier alpha value is -1.23. The molecular weight excluding hydrogens is 230 g/mol. The van der Waals surface area contributed by atoms with Crippen LogP contribution in [0.2, 0.25) is 0 Å². The Balaban J connectivity index is 2.42. The number of thiazole rings is 1. The third-order valence-corrected chi connectivity index (χ3v) is 4.07. The van der Waals surface area contributed by atoms with Crippen molar-refractivity contribution >= 4 is 11.3 Å². The van der Waals surface area contributed by atoms with Crippen LogP contribution in [0, 0.1) is 20.8 Å². The van der Waals surface area contributed by atoms with Crippen molar-refractivity contribution in [3.8, 4) is 0 Å². The highest BCUT2D eigenvalue weighted by Crippen LogP contribution is 2.28. The van der Waals surface area contributed by atoms with Crippen molar-refractivity contribution in [2.75, 3.05) is 0 Å². The fourth-order valence-electron chi connectivity index (χ4n) is 1.86. The van der Waals surface area contributed by atoms with E-state index in [1.165, 1.54) is 21.6 Å². The van der Waals surface area contributed by atoms with Gasteiger partial charge < -0.3 is 0 Å². The number of nitrogens with zero attached hydrogens (tertiary/aromatic N) is 1. The summed E-state index contributed by atoms with van der Waals surface area (Å²) in [5.74, 6) is 5.68. The first-order valence-electron chi connectivity index (χ1n) is 5.56. The highest BCUT2D eigenvalue weighted by molar-refractivity contribution is 7.09. The molecule has 0 saturated carbocycles. The zero-order valence-corrected chi connectivity index (χ0v) is 11.1. The lowest BCUT2D eigenvalue weighted by Crippen LogP contribution is -2.28. The number of hydrogen-bond donors (Lipinski definition) is 2. The van der Waals surface area contributed by atoms with Crippen LogP contribution in [0.25, 0.3) is 0 Å². The Bertz CT molecular complexity index is 519. The molecule has 1 aromatic heterocycles. The Morgan fingerprint density at radius 1 is 1.24 bits per heavy atom. The first kappa shape index (κ1) is 12.2. The molecule has 0 aliphatic heterocycles. The summed E-state index contributed by atoms with van der Waals surface area (Å²) in [6, 6.07) is 6.46. The minimum atomic E-state index is 0.0294. The maximum absolute atomic E-state index is 5.68. The van der Waals surface area contributed by atoms with Crippen LogP contribution < -0.4 is 11.3 Å². The molecule has 1 atom stereocenters. The number of nitrogens with two attached hydrogens (primary N) is 1. The average molecular weight is 247 g/mol. The van der Waals surface area contributed by atoms with Crippen molar-refractivity contribution in [3.05, 3.63) is 51.0 Å². The molecule has 3 N–H and O–H groups in total. The summed E-state index contributed by atoms with van der Waals surface area (Å²) >= 11 is 1.63. The van der Waals surface area contributed by atoms with Crippen molar-refractivity contribution in [2.45, 2.75) is 26.8 Å².